The minimum atomic E-state index is -3.94. The number of carbonyl (C=O) groups excluding carboxylic acids is 2. The summed E-state index contributed by atoms with van der Waals surface area (Å²) in [6.45, 7) is 3.89. The third-order valence-corrected chi connectivity index (χ3v) is 8.07. The summed E-state index contributed by atoms with van der Waals surface area (Å²) in [6.07, 6.45) is 1.98. The van der Waals surface area contributed by atoms with E-state index >= 15 is 0 Å². The summed E-state index contributed by atoms with van der Waals surface area (Å²) in [5, 5.41) is 3.09. The molecule has 3 aromatic rings. The van der Waals surface area contributed by atoms with Crippen LogP contribution in [0.25, 0.3) is 0 Å². The molecule has 10 heteroatoms. The van der Waals surface area contributed by atoms with Crippen molar-refractivity contribution in [2.75, 3.05) is 23.7 Å². The average Bonchev–Trinajstić information content (AvgIpc) is 2.89. The van der Waals surface area contributed by atoms with Crippen molar-refractivity contribution in [3.8, 4) is 0 Å². The summed E-state index contributed by atoms with van der Waals surface area (Å²) in [5.41, 5.74) is 2.77. The van der Waals surface area contributed by atoms with Gasteiger partial charge in [-0.1, -0.05) is 96.4 Å². The second-order valence-corrected chi connectivity index (χ2v) is 12.0. The number of nitrogens with zero attached hydrogens (tertiary/aromatic N) is 2. The van der Waals surface area contributed by atoms with Gasteiger partial charge in [-0.2, -0.15) is 0 Å². The van der Waals surface area contributed by atoms with Crippen molar-refractivity contribution < 1.29 is 18.0 Å². The van der Waals surface area contributed by atoms with Gasteiger partial charge in [0.1, 0.15) is 12.6 Å². The highest BCUT2D eigenvalue weighted by Crippen LogP contribution is 2.33. The maximum absolute atomic E-state index is 14.0. The molecule has 0 aromatic heterocycles. The van der Waals surface area contributed by atoms with Crippen LogP contribution in [0.15, 0.2) is 72.8 Å². The topological polar surface area (TPSA) is 86.8 Å². The van der Waals surface area contributed by atoms with E-state index in [0.717, 1.165) is 33.7 Å². The molecule has 0 fully saturated rings. The Hall–Kier alpha value is -3.07. The summed E-state index contributed by atoms with van der Waals surface area (Å²) in [4.78, 5) is 29.0. The molecule has 2 amide bonds. The summed E-state index contributed by atoms with van der Waals surface area (Å²) in [7, 11) is -3.94. The molecule has 7 nitrogen and oxygen atoms in total. The predicted octanol–water partition coefficient (Wildman–Crippen LogP) is 5.23. The number of rotatable bonds is 12. The first-order chi connectivity index (χ1) is 18.5. The third-order valence-electron chi connectivity index (χ3n) is 6.13. The van der Waals surface area contributed by atoms with Crippen LogP contribution in [0.3, 0.4) is 0 Å². The van der Waals surface area contributed by atoms with Crippen molar-refractivity contribution in [3.63, 3.8) is 0 Å². The number of hydrogen-bond acceptors (Lipinski definition) is 4. The van der Waals surface area contributed by atoms with Crippen LogP contribution in [0.1, 0.15) is 30.0 Å². The van der Waals surface area contributed by atoms with E-state index in [1.54, 1.807) is 6.07 Å². The Kier molecular flexibility index (Phi) is 10.8. The third kappa shape index (κ3) is 8.46. The van der Waals surface area contributed by atoms with Gasteiger partial charge in [-0.05, 0) is 36.6 Å². The lowest BCUT2D eigenvalue weighted by molar-refractivity contribution is -0.140. The van der Waals surface area contributed by atoms with Gasteiger partial charge in [0.25, 0.3) is 0 Å². The van der Waals surface area contributed by atoms with Gasteiger partial charge in [0.05, 0.1) is 22.0 Å². The minimum absolute atomic E-state index is 0.0177. The molecule has 0 saturated carbocycles. The van der Waals surface area contributed by atoms with Gasteiger partial charge in [0, 0.05) is 19.5 Å². The van der Waals surface area contributed by atoms with E-state index in [1.165, 1.54) is 17.0 Å². The predicted molar refractivity (Wildman–Crippen MR) is 158 cm³/mol. The maximum atomic E-state index is 14.0. The van der Waals surface area contributed by atoms with Gasteiger partial charge in [0.2, 0.25) is 21.8 Å². The standard InChI is InChI=1S/C29H33Cl2N3O4S/c1-4-16-32-29(36)26(18-22-11-6-5-7-12-22)33(19-23-13-8-10-21(2)17-23)27(35)20-34(39(3,37)38)25-15-9-14-24(30)28(25)31/h5-15,17,26H,4,16,18-20H2,1-3H3,(H,32,36)/t26-/m0/s1. The number of aryl methyl sites for hydroxylation is 1. The van der Waals surface area contributed by atoms with Crippen molar-refractivity contribution in [1.82, 2.24) is 10.2 Å². The molecule has 39 heavy (non-hydrogen) atoms. The fourth-order valence-electron chi connectivity index (χ4n) is 4.21. The van der Waals surface area contributed by atoms with Crippen LogP contribution in [0, 0.1) is 6.92 Å². The van der Waals surface area contributed by atoms with E-state index in [2.05, 4.69) is 5.32 Å². The van der Waals surface area contributed by atoms with E-state index in [-0.39, 0.29) is 34.6 Å². The van der Waals surface area contributed by atoms with Crippen molar-refractivity contribution >= 4 is 50.7 Å². The van der Waals surface area contributed by atoms with E-state index in [1.807, 2.05) is 68.4 Å². The molecule has 0 aliphatic heterocycles. The van der Waals surface area contributed by atoms with Crippen molar-refractivity contribution in [1.29, 1.82) is 0 Å². The lowest BCUT2D eigenvalue weighted by Gasteiger charge is -2.33. The fraction of sp³-hybridized carbons (Fsp3) is 0.310. The Bertz CT molecular complexity index is 1400. The number of benzene rings is 3. The quantitative estimate of drug-likeness (QED) is 0.313. The van der Waals surface area contributed by atoms with Crippen LogP contribution in [0.4, 0.5) is 5.69 Å². The van der Waals surface area contributed by atoms with Crippen LogP contribution < -0.4 is 9.62 Å². The fourth-order valence-corrected chi connectivity index (χ4v) is 5.51. The average molecular weight is 591 g/mol. The van der Waals surface area contributed by atoms with E-state index in [9.17, 15) is 18.0 Å². The Morgan fingerprint density at radius 3 is 2.26 bits per heavy atom. The molecule has 0 unspecified atom stereocenters. The van der Waals surface area contributed by atoms with Crippen LogP contribution in [0.2, 0.25) is 10.0 Å². The van der Waals surface area contributed by atoms with E-state index < -0.39 is 28.5 Å². The summed E-state index contributed by atoms with van der Waals surface area (Å²) in [6, 6.07) is 20.7. The first-order valence-corrected chi connectivity index (χ1v) is 15.2. The molecule has 208 valence electrons. The Labute approximate surface area is 240 Å². The zero-order valence-corrected chi connectivity index (χ0v) is 24.6. The number of halogens is 2. The van der Waals surface area contributed by atoms with E-state index in [0.29, 0.717) is 6.54 Å². The molecule has 0 aliphatic rings. The van der Waals surface area contributed by atoms with Crippen LogP contribution >= 0.6 is 23.2 Å². The Balaban J connectivity index is 2.07. The number of amides is 2. The normalized spacial score (nSPS) is 12.0. The lowest BCUT2D eigenvalue weighted by Crippen LogP contribution is -2.53. The largest absolute Gasteiger partial charge is 0.354 e. The molecular weight excluding hydrogens is 557 g/mol. The molecule has 0 bridgehead atoms. The molecule has 0 heterocycles. The van der Waals surface area contributed by atoms with E-state index in [4.69, 9.17) is 23.2 Å². The number of anilines is 1. The summed E-state index contributed by atoms with van der Waals surface area (Å²) in [5.74, 6) is -0.862. The zero-order chi connectivity index (χ0) is 28.6. The van der Waals surface area contributed by atoms with Crippen LogP contribution in [-0.4, -0.2) is 50.5 Å². The Morgan fingerprint density at radius 2 is 1.62 bits per heavy atom. The van der Waals surface area contributed by atoms with Gasteiger partial charge in [0.15, 0.2) is 0 Å². The molecule has 1 atom stereocenters. The first kappa shape index (κ1) is 30.5. The number of sulfonamides is 1. The minimum Gasteiger partial charge on any atom is -0.354 e. The van der Waals surface area contributed by atoms with Crippen molar-refractivity contribution in [2.24, 2.45) is 0 Å². The molecule has 0 saturated heterocycles. The van der Waals surface area contributed by atoms with Crippen molar-refractivity contribution in [2.45, 2.75) is 39.3 Å². The molecule has 1 N–H and O–H groups in total. The smallest absolute Gasteiger partial charge is 0.244 e. The van der Waals surface area contributed by atoms with Gasteiger partial charge < -0.3 is 10.2 Å². The molecule has 0 radical (unpaired) electrons. The van der Waals surface area contributed by atoms with Crippen LogP contribution in [0.5, 0.6) is 0 Å². The van der Waals surface area contributed by atoms with Gasteiger partial charge in [-0.3, -0.25) is 13.9 Å². The highest BCUT2D eigenvalue weighted by Gasteiger charge is 2.33. The first-order valence-electron chi connectivity index (χ1n) is 12.6. The Morgan fingerprint density at radius 1 is 0.949 bits per heavy atom. The summed E-state index contributed by atoms with van der Waals surface area (Å²) < 4.78 is 26.7. The van der Waals surface area contributed by atoms with Gasteiger partial charge in [-0.15, -0.1) is 0 Å². The number of nitrogens with one attached hydrogen (secondary N) is 1. The highest BCUT2D eigenvalue weighted by molar-refractivity contribution is 7.92. The molecule has 3 aromatic carbocycles. The van der Waals surface area contributed by atoms with Crippen LogP contribution in [-0.2, 0) is 32.6 Å². The molecule has 3 rings (SSSR count). The second kappa shape index (κ2) is 13.8. The van der Waals surface area contributed by atoms with Crippen molar-refractivity contribution in [3.05, 3.63) is 99.5 Å². The molecule has 0 spiro atoms. The highest BCUT2D eigenvalue weighted by atomic mass is 35.5. The lowest BCUT2D eigenvalue weighted by atomic mass is 10.0. The maximum Gasteiger partial charge on any atom is 0.244 e. The van der Waals surface area contributed by atoms with Gasteiger partial charge in [-0.25, -0.2) is 8.42 Å². The number of hydrogen-bond donors (Lipinski definition) is 1. The van der Waals surface area contributed by atoms with Gasteiger partial charge >= 0.3 is 0 Å². The molecule has 0 aliphatic carbocycles. The second-order valence-electron chi connectivity index (χ2n) is 9.35. The monoisotopic (exact) mass is 589 g/mol. The summed E-state index contributed by atoms with van der Waals surface area (Å²) >= 11 is 12.5. The number of carbonyl (C=O) groups is 2. The zero-order valence-electron chi connectivity index (χ0n) is 22.2. The SMILES string of the molecule is CCCNC(=O)[C@H](Cc1ccccc1)N(Cc1cccc(C)c1)C(=O)CN(c1cccc(Cl)c1Cl)S(C)(=O)=O. The molecular formula is C29H33Cl2N3O4S.